The van der Waals surface area contributed by atoms with Gasteiger partial charge in [-0.05, 0) is 49.8 Å². The van der Waals surface area contributed by atoms with Gasteiger partial charge in [-0.1, -0.05) is 25.0 Å². The Morgan fingerprint density at radius 3 is 2.64 bits per heavy atom. The normalized spacial score (nSPS) is 11.7. The number of nitrogens with one attached hydrogen (secondary N) is 1. The van der Waals surface area contributed by atoms with Gasteiger partial charge in [0.05, 0.1) is 19.4 Å². The van der Waals surface area contributed by atoms with Gasteiger partial charge in [0, 0.05) is 19.8 Å². The van der Waals surface area contributed by atoms with Crippen LogP contribution in [0.25, 0.3) is 0 Å². The second kappa shape index (κ2) is 16.1. The van der Waals surface area contributed by atoms with E-state index in [9.17, 15) is 18.0 Å². The molecule has 1 unspecified atom stereocenters. The molecule has 1 aromatic rings. The van der Waals surface area contributed by atoms with Crippen LogP contribution in [0.4, 0.5) is 0 Å². The van der Waals surface area contributed by atoms with Crippen LogP contribution in [0.3, 0.4) is 0 Å². The number of aryl methyl sites for hydroxylation is 1. The summed E-state index contributed by atoms with van der Waals surface area (Å²) >= 11 is 0. The van der Waals surface area contributed by atoms with Crippen molar-refractivity contribution in [2.45, 2.75) is 64.9 Å². The maximum absolute atomic E-state index is 12.1. The van der Waals surface area contributed by atoms with Crippen molar-refractivity contribution >= 4 is 22.0 Å². The molecule has 1 rings (SSSR count). The van der Waals surface area contributed by atoms with Crippen molar-refractivity contribution < 1.29 is 32.2 Å². The molecule has 0 fully saturated rings. The van der Waals surface area contributed by atoms with Crippen LogP contribution < -0.4 is 9.46 Å². The number of hydrogen-bond donors (Lipinski definition) is 1. The zero-order valence-electron chi connectivity index (χ0n) is 19.7. The SMILES string of the molecule is CCc1cccc(OCC(CCCCS(=O)(=O)NCC#CCCCC(=O)OC)OC(C)=O)c1. The number of methoxy groups -OCH3 is 1. The van der Waals surface area contributed by atoms with Crippen LogP contribution >= 0.6 is 0 Å². The first-order valence-corrected chi connectivity index (χ1v) is 12.8. The molecule has 0 heterocycles. The number of hydrogen-bond acceptors (Lipinski definition) is 7. The van der Waals surface area contributed by atoms with E-state index < -0.39 is 22.1 Å². The molecule has 0 aliphatic carbocycles. The first kappa shape index (κ1) is 28.5. The van der Waals surface area contributed by atoms with Crippen molar-refractivity contribution in [3.63, 3.8) is 0 Å². The molecule has 0 bridgehead atoms. The van der Waals surface area contributed by atoms with Crippen LogP contribution in [0.15, 0.2) is 24.3 Å². The molecule has 0 saturated carbocycles. The number of ether oxygens (including phenoxy) is 3. The Kier molecular flexibility index (Phi) is 13.9. The van der Waals surface area contributed by atoms with Gasteiger partial charge in [0.25, 0.3) is 0 Å². The minimum Gasteiger partial charge on any atom is -0.490 e. The maximum atomic E-state index is 12.1. The van der Waals surface area contributed by atoms with Gasteiger partial charge in [0.15, 0.2) is 0 Å². The third-order valence-corrected chi connectivity index (χ3v) is 6.09. The number of sulfonamides is 1. The van der Waals surface area contributed by atoms with E-state index in [-0.39, 0.29) is 24.9 Å². The quantitative estimate of drug-likeness (QED) is 0.233. The molecule has 1 N–H and O–H groups in total. The number of carbonyl (C=O) groups excluding carboxylic acids is 2. The number of rotatable bonds is 15. The largest absolute Gasteiger partial charge is 0.490 e. The van der Waals surface area contributed by atoms with Gasteiger partial charge in [0.1, 0.15) is 18.5 Å². The minimum absolute atomic E-state index is 0.0291. The van der Waals surface area contributed by atoms with Gasteiger partial charge >= 0.3 is 11.9 Å². The summed E-state index contributed by atoms with van der Waals surface area (Å²) in [4.78, 5) is 22.4. The van der Waals surface area contributed by atoms with Crippen molar-refractivity contribution in [3.8, 4) is 17.6 Å². The number of benzene rings is 1. The monoisotopic (exact) mass is 481 g/mol. The standard InChI is InChI=1S/C24H35NO7S/c1-4-21-12-11-14-22(18-21)31-19-23(32-20(2)26)13-8-10-17-33(28,29)25-16-9-6-5-7-15-24(27)30-3/h11-12,14,18,23,25H,4-5,7-8,10,13,15-17,19H2,1-3H3. The predicted molar refractivity (Wildman–Crippen MR) is 126 cm³/mol. The molecule has 0 radical (unpaired) electrons. The summed E-state index contributed by atoms with van der Waals surface area (Å²) in [7, 11) is -2.11. The Morgan fingerprint density at radius 1 is 1.15 bits per heavy atom. The summed E-state index contributed by atoms with van der Waals surface area (Å²) < 4.78 is 42.3. The van der Waals surface area contributed by atoms with Crippen molar-refractivity contribution in [2.24, 2.45) is 0 Å². The van der Waals surface area contributed by atoms with Gasteiger partial charge in [-0.15, -0.1) is 5.92 Å². The third-order valence-electron chi connectivity index (χ3n) is 4.68. The van der Waals surface area contributed by atoms with Gasteiger partial charge in [-0.2, -0.15) is 0 Å². The third kappa shape index (κ3) is 14.2. The van der Waals surface area contributed by atoms with E-state index >= 15 is 0 Å². The lowest BCUT2D eigenvalue weighted by Gasteiger charge is -2.18. The van der Waals surface area contributed by atoms with Crippen LogP contribution in [0.2, 0.25) is 0 Å². The van der Waals surface area contributed by atoms with Gasteiger partial charge < -0.3 is 14.2 Å². The van der Waals surface area contributed by atoms with Crippen LogP contribution in [-0.4, -0.2) is 52.5 Å². The van der Waals surface area contributed by atoms with Crippen LogP contribution in [0.1, 0.15) is 57.9 Å². The molecule has 0 aromatic heterocycles. The molecule has 0 spiro atoms. The van der Waals surface area contributed by atoms with E-state index in [2.05, 4.69) is 28.2 Å². The fourth-order valence-electron chi connectivity index (χ4n) is 2.91. The Morgan fingerprint density at radius 2 is 1.94 bits per heavy atom. The molecule has 184 valence electrons. The first-order chi connectivity index (χ1) is 15.8. The molecule has 9 heteroatoms. The number of carbonyl (C=O) groups is 2. The van der Waals surface area contributed by atoms with Crippen LogP contribution in [0.5, 0.6) is 5.75 Å². The lowest BCUT2D eigenvalue weighted by molar-refractivity contribution is -0.148. The Bertz CT molecular complexity index is 903. The molecule has 1 atom stereocenters. The molecule has 1 aromatic carbocycles. The lowest BCUT2D eigenvalue weighted by Crippen LogP contribution is -2.27. The molecular formula is C24H35NO7S. The smallest absolute Gasteiger partial charge is 0.305 e. The zero-order valence-corrected chi connectivity index (χ0v) is 20.5. The summed E-state index contributed by atoms with van der Waals surface area (Å²) in [5.41, 5.74) is 1.15. The molecule has 0 saturated heterocycles. The molecule has 8 nitrogen and oxygen atoms in total. The van der Waals surface area contributed by atoms with Crippen molar-refractivity contribution in [1.29, 1.82) is 0 Å². The van der Waals surface area contributed by atoms with Gasteiger partial charge in [-0.25, -0.2) is 13.1 Å². The summed E-state index contributed by atoms with van der Waals surface area (Å²) in [5, 5.41) is 0. The van der Waals surface area contributed by atoms with E-state index in [1.807, 2.05) is 24.3 Å². The fourth-order valence-corrected chi connectivity index (χ4v) is 3.93. The Labute approximate surface area is 197 Å². The molecule has 33 heavy (non-hydrogen) atoms. The lowest BCUT2D eigenvalue weighted by atomic mass is 10.1. The summed E-state index contributed by atoms with van der Waals surface area (Å²) in [5.74, 6) is 5.55. The van der Waals surface area contributed by atoms with Crippen molar-refractivity contribution in [1.82, 2.24) is 4.72 Å². The summed E-state index contributed by atoms with van der Waals surface area (Å²) in [6.45, 7) is 3.64. The van der Waals surface area contributed by atoms with Crippen molar-refractivity contribution in [2.75, 3.05) is 26.0 Å². The average Bonchev–Trinajstić information content (AvgIpc) is 2.79. The van der Waals surface area contributed by atoms with Gasteiger partial charge in [-0.3, -0.25) is 9.59 Å². The highest BCUT2D eigenvalue weighted by Crippen LogP contribution is 2.16. The minimum atomic E-state index is -3.44. The van der Waals surface area contributed by atoms with Crippen LogP contribution in [0, 0.1) is 11.8 Å². The molecule has 0 amide bonds. The van der Waals surface area contributed by atoms with E-state index in [0.29, 0.717) is 44.3 Å². The number of esters is 2. The van der Waals surface area contributed by atoms with E-state index in [0.717, 1.165) is 12.0 Å². The Hall–Kier alpha value is -2.57. The van der Waals surface area contributed by atoms with E-state index in [1.165, 1.54) is 14.0 Å². The van der Waals surface area contributed by atoms with Crippen LogP contribution in [-0.2, 0) is 35.5 Å². The highest BCUT2D eigenvalue weighted by molar-refractivity contribution is 7.89. The number of unbranched alkanes of at least 4 members (excludes halogenated alkanes) is 2. The van der Waals surface area contributed by atoms with Crippen molar-refractivity contribution in [3.05, 3.63) is 29.8 Å². The highest BCUT2D eigenvalue weighted by atomic mass is 32.2. The predicted octanol–water partition coefficient (Wildman–Crippen LogP) is 3.00. The van der Waals surface area contributed by atoms with E-state index in [4.69, 9.17) is 9.47 Å². The highest BCUT2D eigenvalue weighted by Gasteiger charge is 2.15. The first-order valence-electron chi connectivity index (χ1n) is 11.1. The second-order valence-corrected chi connectivity index (χ2v) is 9.39. The van der Waals surface area contributed by atoms with Gasteiger partial charge in [0.2, 0.25) is 10.0 Å². The molecule has 0 aliphatic heterocycles. The fraction of sp³-hybridized carbons (Fsp3) is 0.583. The summed E-state index contributed by atoms with van der Waals surface area (Å²) in [6, 6.07) is 7.73. The molecular weight excluding hydrogens is 446 g/mol. The molecule has 0 aliphatic rings. The second-order valence-electron chi connectivity index (χ2n) is 7.46. The average molecular weight is 482 g/mol. The maximum Gasteiger partial charge on any atom is 0.305 e. The topological polar surface area (TPSA) is 108 Å². The summed E-state index contributed by atoms with van der Waals surface area (Å²) in [6.07, 6.45) is 3.31. The zero-order chi connectivity index (χ0) is 24.5. The van der Waals surface area contributed by atoms with E-state index in [1.54, 1.807) is 0 Å². The Balaban J connectivity index is 2.33.